The van der Waals surface area contributed by atoms with Crippen molar-refractivity contribution in [2.45, 2.75) is 85.4 Å². The molecule has 12 rings (SSSR count). The topological polar surface area (TPSA) is 17.1 Å². The van der Waals surface area contributed by atoms with Gasteiger partial charge in [0.1, 0.15) is 0 Å². The molecule has 0 amide bonds. The van der Waals surface area contributed by atoms with E-state index in [-0.39, 0.29) is 5.16 Å². The normalized spacial score (nSPS) is 73.8. The molecule has 5 unspecified atom stereocenters. The minimum atomic E-state index is -3.75. The second-order valence-electron chi connectivity index (χ2n) is 16.1. The molecule has 10 aliphatic rings. The Hall–Kier alpha value is -0.381. The van der Waals surface area contributed by atoms with Crippen LogP contribution >= 0.6 is 15.7 Å². The van der Waals surface area contributed by atoms with Crippen molar-refractivity contribution in [2.24, 2.45) is 0 Å². The van der Waals surface area contributed by atoms with Crippen LogP contribution in [-0.2, 0) is 11.1 Å². The summed E-state index contributed by atoms with van der Waals surface area (Å²) in [5.74, 6) is 0. The molecule has 0 saturated carbocycles. The van der Waals surface area contributed by atoms with Gasteiger partial charge in [0.2, 0.25) is 0 Å². The van der Waals surface area contributed by atoms with E-state index >= 15 is 0 Å². The molecule has 0 aliphatic carbocycles. The van der Waals surface area contributed by atoms with Gasteiger partial charge in [-0.05, 0) is 0 Å². The van der Waals surface area contributed by atoms with Crippen molar-refractivity contribution in [2.75, 3.05) is 0 Å². The predicted octanol–water partition coefficient (Wildman–Crippen LogP) is 7.53. The van der Waals surface area contributed by atoms with Crippen LogP contribution in [0.4, 0.5) is 0 Å². The quantitative estimate of drug-likeness (QED) is 0.305. The molecule has 4 heteroatoms. The molecule has 2 aromatic rings. The zero-order valence-electron chi connectivity index (χ0n) is 19.2. The predicted molar refractivity (Wildman–Crippen MR) is 133 cm³/mol. The molecule has 1 nitrogen and oxygen atoms in total. The number of fused-ring (bicyclic) bond motifs is 10. The Balaban J connectivity index is 1.19. The van der Waals surface area contributed by atoms with Gasteiger partial charge >= 0.3 is 183 Å². The molecular weight excluding hydrogens is 470 g/mol. The Morgan fingerprint density at radius 1 is 0.812 bits per heavy atom. The van der Waals surface area contributed by atoms with E-state index in [0.29, 0.717) is 8.37 Å². The summed E-state index contributed by atoms with van der Waals surface area (Å²) in [6.45, 7) is 5.98. The standard InChI is InChI=1S/C23H27OP2.C5H5.Fe/c1-18(21-16-11-17-22(21)26(24)23(2,3)4)25(19-12-7-5-8-13-19)20-14-9-6-10-15-20;1-2-4-5-3-1;/h5-18,26H,1-4H3;1-5H;/t18-;;/m1../s1. The molecule has 0 aromatic heterocycles. The van der Waals surface area contributed by atoms with E-state index in [9.17, 15) is 4.57 Å². The molecule has 168 valence electrons. The van der Waals surface area contributed by atoms with Crippen LogP contribution < -0.4 is 10.6 Å². The van der Waals surface area contributed by atoms with Crippen molar-refractivity contribution in [3.63, 3.8) is 0 Å². The Morgan fingerprint density at radius 2 is 1.28 bits per heavy atom. The van der Waals surface area contributed by atoms with E-state index in [1.54, 1.807) is 10.6 Å². The van der Waals surface area contributed by atoms with Gasteiger partial charge in [-0.1, -0.05) is 0 Å². The molecule has 0 N–H and O–H groups in total. The van der Waals surface area contributed by atoms with Crippen molar-refractivity contribution in [1.82, 2.24) is 0 Å². The molecule has 10 aliphatic heterocycles. The first-order valence-electron chi connectivity index (χ1n) is 12.7. The molecule has 1 spiro atoms. The summed E-state index contributed by atoms with van der Waals surface area (Å²) >= 11 is 0. The van der Waals surface area contributed by atoms with Gasteiger partial charge in [0.05, 0.1) is 0 Å². The molecule has 0 bridgehead atoms. The van der Waals surface area contributed by atoms with Crippen LogP contribution in [0.1, 0.15) is 27.7 Å². The van der Waals surface area contributed by atoms with Gasteiger partial charge in [0.25, 0.3) is 0 Å². The van der Waals surface area contributed by atoms with Gasteiger partial charge < -0.3 is 0 Å². The Morgan fingerprint density at radius 3 is 1.66 bits per heavy atom. The van der Waals surface area contributed by atoms with Crippen LogP contribution in [-0.4, -0.2) is 14.9 Å². The molecular formula is C28H32FeOP2. The maximum absolute atomic E-state index is 14.9. The number of rotatable bonds is 5. The van der Waals surface area contributed by atoms with Gasteiger partial charge in [-0.3, -0.25) is 0 Å². The zero-order valence-corrected chi connectivity index (χ0v) is 22.2. The average Bonchev–Trinajstić information content (AvgIpc) is 3.73. The first-order valence-corrected chi connectivity index (χ1v) is 21.8. The van der Waals surface area contributed by atoms with Crippen molar-refractivity contribution >= 4 is 26.3 Å². The fraction of sp³-hybridized carbons (Fsp3) is 0.571. The van der Waals surface area contributed by atoms with Gasteiger partial charge in [0, 0.05) is 0 Å². The fourth-order valence-electron chi connectivity index (χ4n) is 21.1. The SMILES string of the molecule is C[C@@H](P(c1ccccc1)c1ccccc1)[C]12[CH]3[CH]4[CH]5[C@]1([PH](=O)C(C)(C)C)[Fe]43521678[CH]2[CH]1[CH]6[CH]7[CH]28. The zero-order chi connectivity index (χ0) is 21.4. The third kappa shape index (κ3) is 0.326. The van der Waals surface area contributed by atoms with Crippen molar-refractivity contribution < 1.29 is 11.1 Å². The van der Waals surface area contributed by atoms with E-state index in [4.69, 9.17) is 0 Å². The third-order valence-corrected chi connectivity index (χ3v) is 72.8. The molecule has 2 aromatic carbocycles. The second-order valence-corrected chi connectivity index (χ2v) is 45.3. The van der Waals surface area contributed by atoms with E-state index in [2.05, 4.69) is 88.4 Å². The number of benzene rings is 2. The van der Waals surface area contributed by atoms with Crippen LogP contribution in [0.2, 0.25) is 42.8 Å². The molecule has 0 radical (unpaired) electrons. The van der Waals surface area contributed by atoms with Gasteiger partial charge in [-0.15, -0.1) is 0 Å². The summed E-state index contributed by atoms with van der Waals surface area (Å²) in [6, 6.07) is 23.0. The molecule has 10 saturated heterocycles. The maximum atomic E-state index is 14.9. The van der Waals surface area contributed by atoms with Crippen LogP contribution in [0.3, 0.4) is 0 Å². The van der Waals surface area contributed by atoms with E-state index in [1.807, 2.05) is 0 Å². The monoisotopic (exact) mass is 502 g/mol. The van der Waals surface area contributed by atoms with Crippen LogP contribution in [0.15, 0.2) is 60.7 Å². The van der Waals surface area contributed by atoms with Crippen molar-refractivity contribution in [1.29, 1.82) is 0 Å². The molecule has 10 fully saturated rings. The van der Waals surface area contributed by atoms with E-state index < -0.39 is 22.2 Å². The summed E-state index contributed by atoms with van der Waals surface area (Å²) in [5, 5.41) is 3.17. The average molecular weight is 502 g/mol. The Bertz CT molecular complexity index is 1680. The molecule has 32 heavy (non-hydrogen) atoms. The minimum absolute atomic E-state index is 0.0253. The number of hydrogen-bond acceptors (Lipinski definition) is 1. The van der Waals surface area contributed by atoms with Crippen molar-refractivity contribution in [3.05, 3.63) is 60.7 Å². The third-order valence-electron chi connectivity index (χ3n) is 19.1. The summed E-state index contributed by atoms with van der Waals surface area (Å²) in [7, 11) is -2.00. The van der Waals surface area contributed by atoms with Crippen LogP contribution in [0, 0.1) is 0 Å². The van der Waals surface area contributed by atoms with Gasteiger partial charge in [-0.2, -0.15) is 0 Å². The fourth-order valence-corrected chi connectivity index (χ4v) is 119. The molecule has 7 atom stereocenters. The Kier molecular flexibility index (Phi) is 1.10. The molecule has 10 heterocycles. The van der Waals surface area contributed by atoms with Crippen LogP contribution in [0.5, 0.6) is 0 Å². The second kappa shape index (κ2) is 2.16. The van der Waals surface area contributed by atoms with Crippen LogP contribution in [0.25, 0.3) is 0 Å². The first-order chi connectivity index (χ1) is 15.1. The van der Waals surface area contributed by atoms with Gasteiger partial charge in [0.15, 0.2) is 0 Å². The van der Waals surface area contributed by atoms with Gasteiger partial charge in [-0.25, -0.2) is 0 Å². The Labute approximate surface area is 183 Å². The first kappa shape index (κ1) is 16.3. The summed E-state index contributed by atoms with van der Waals surface area (Å²) < 4.78 is 15.9. The van der Waals surface area contributed by atoms with Crippen molar-refractivity contribution in [3.8, 4) is 0 Å². The number of hydrogen-bond donors (Lipinski definition) is 0. The summed E-state index contributed by atoms with van der Waals surface area (Å²) in [5.41, 5.74) is 0.739. The summed E-state index contributed by atoms with van der Waals surface area (Å²) in [6.07, 6.45) is 0. The van der Waals surface area contributed by atoms with E-state index in [0.717, 1.165) is 10.5 Å². The van der Waals surface area contributed by atoms with E-state index in [1.165, 1.54) is 33.7 Å². The summed E-state index contributed by atoms with van der Waals surface area (Å²) in [4.78, 5) is 9.51.